The van der Waals surface area contributed by atoms with Crippen LogP contribution in [0, 0.1) is 0 Å². The number of nitrogens with zero attached hydrogens (tertiary/aromatic N) is 4. The zero-order valence-electron chi connectivity index (χ0n) is 15.1. The summed E-state index contributed by atoms with van der Waals surface area (Å²) < 4.78 is 1.79. The predicted octanol–water partition coefficient (Wildman–Crippen LogP) is 2.92. The van der Waals surface area contributed by atoms with Gasteiger partial charge in [0.15, 0.2) is 5.69 Å². The highest BCUT2D eigenvalue weighted by Crippen LogP contribution is 2.25. The number of aromatic carboxylic acids is 1. The number of amides is 1. The summed E-state index contributed by atoms with van der Waals surface area (Å²) in [5.74, 6) is -0.392. The third-order valence-corrected chi connectivity index (χ3v) is 4.10. The van der Waals surface area contributed by atoms with Crippen LogP contribution in [-0.4, -0.2) is 50.3 Å². The molecule has 3 aromatic heterocycles. The number of carboxylic acids is 1. The van der Waals surface area contributed by atoms with E-state index in [9.17, 15) is 14.7 Å². The van der Waals surface area contributed by atoms with Crippen molar-refractivity contribution in [3.05, 3.63) is 53.7 Å². The second-order valence-corrected chi connectivity index (χ2v) is 6.58. The van der Waals surface area contributed by atoms with Crippen LogP contribution in [0.5, 0.6) is 0 Å². The van der Waals surface area contributed by atoms with Crippen molar-refractivity contribution < 1.29 is 14.7 Å². The molecule has 0 aromatic carbocycles. The topological polar surface area (TPSA) is 87.8 Å². The van der Waals surface area contributed by atoms with Gasteiger partial charge < -0.3 is 14.4 Å². The fourth-order valence-electron chi connectivity index (χ4n) is 2.78. The molecule has 3 heterocycles. The van der Waals surface area contributed by atoms with Gasteiger partial charge in [0.25, 0.3) is 5.91 Å². The van der Waals surface area contributed by atoms with Crippen molar-refractivity contribution in [1.29, 1.82) is 0 Å². The molecule has 1 N–H and O–H groups in total. The Hall–Kier alpha value is -3.22. The first-order valence-electron chi connectivity index (χ1n) is 8.23. The number of hydrogen-bond donors (Lipinski definition) is 1. The number of rotatable bonds is 4. The average Bonchev–Trinajstić information content (AvgIpc) is 3.00. The molecule has 26 heavy (non-hydrogen) atoms. The molecule has 7 nitrogen and oxygen atoms in total. The Kier molecular flexibility index (Phi) is 4.46. The van der Waals surface area contributed by atoms with E-state index in [1.54, 1.807) is 42.9 Å². The zero-order chi connectivity index (χ0) is 19.0. The molecule has 0 unspecified atom stereocenters. The Labute approximate surface area is 150 Å². The molecule has 0 radical (unpaired) electrons. The van der Waals surface area contributed by atoms with Gasteiger partial charge >= 0.3 is 5.97 Å². The Bertz CT molecular complexity index is 988. The van der Waals surface area contributed by atoms with E-state index in [1.807, 2.05) is 19.9 Å². The van der Waals surface area contributed by atoms with Crippen LogP contribution >= 0.6 is 0 Å². The summed E-state index contributed by atoms with van der Waals surface area (Å²) in [6, 6.07) is 7.09. The molecule has 0 aliphatic rings. The minimum atomic E-state index is -1.06. The van der Waals surface area contributed by atoms with Gasteiger partial charge in [0.1, 0.15) is 5.82 Å². The summed E-state index contributed by atoms with van der Waals surface area (Å²) in [5, 5.41) is 9.46. The van der Waals surface area contributed by atoms with Crippen LogP contribution in [0.15, 0.2) is 36.7 Å². The van der Waals surface area contributed by atoms with Gasteiger partial charge in [-0.2, -0.15) is 0 Å². The number of pyridine rings is 2. The normalized spacial score (nSPS) is 11.1. The molecule has 0 spiro atoms. The smallest absolute Gasteiger partial charge is 0.356 e. The van der Waals surface area contributed by atoms with Crippen LogP contribution in [0.1, 0.15) is 46.4 Å². The highest BCUT2D eigenvalue weighted by Gasteiger charge is 2.19. The minimum absolute atomic E-state index is 0.0231. The van der Waals surface area contributed by atoms with Crippen LogP contribution < -0.4 is 0 Å². The standard InChI is InChI=1S/C19H20N4O3/c1-11(2)17-21-16(19(25)26)15-9-12(7-8-23(15)17)14-6-5-13(10-20-14)18(24)22(3)4/h5-11H,1-4H3,(H,25,26). The lowest BCUT2D eigenvalue weighted by atomic mass is 10.1. The highest BCUT2D eigenvalue weighted by atomic mass is 16.4. The van der Waals surface area contributed by atoms with Crippen LogP contribution in [0.2, 0.25) is 0 Å². The van der Waals surface area contributed by atoms with Crippen LogP contribution in [0.4, 0.5) is 0 Å². The van der Waals surface area contributed by atoms with Crippen molar-refractivity contribution in [2.45, 2.75) is 19.8 Å². The van der Waals surface area contributed by atoms with Crippen LogP contribution in [0.25, 0.3) is 16.8 Å². The average molecular weight is 352 g/mol. The molecular weight excluding hydrogens is 332 g/mol. The highest BCUT2D eigenvalue weighted by molar-refractivity contribution is 5.95. The lowest BCUT2D eigenvalue weighted by Gasteiger charge is -2.10. The van der Waals surface area contributed by atoms with E-state index in [1.165, 1.54) is 11.1 Å². The van der Waals surface area contributed by atoms with Crippen molar-refractivity contribution in [3.8, 4) is 11.3 Å². The first-order valence-corrected chi connectivity index (χ1v) is 8.23. The van der Waals surface area contributed by atoms with Crippen LogP contribution in [0.3, 0.4) is 0 Å². The van der Waals surface area contributed by atoms with Gasteiger partial charge in [0.2, 0.25) is 0 Å². The van der Waals surface area contributed by atoms with E-state index in [0.29, 0.717) is 22.6 Å². The van der Waals surface area contributed by atoms with Crippen molar-refractivity contribution >= 4 is 17.4 Å². The lowest BCUT2D eigenvalue weighted by Crippen LogP contribution is -2.21. The molecule has 0 aliphatic heterocycles. The molecule has 134 valence electrons. The first kappa shape index (κ1) is 17.6. The molecule has 0 atom stereocenters. The second kappa shape index (κ2) is 6.59. The predicted molar refractivity (Wildman–Crippen MR) is 97.5 cm³/mol. The lowest BCUT2D eigenvalue weighted by molar-refractivity contribution is 0.0692. The molecule has 0 bridgehead atoms. The maximum atomic E-state index is 12.0. The molecule has 0 saturated heterocycles. The third kappa shape index (κ3) is 3.03. The summed E-state index contributed by atoms with van der Waals surface area (Å²) in [4.78, 5) is 33.6. The molecule has 0 aliphatic carbocycles. The third-order valence-electron chi connectivity index (χ3n) is 4.10. The number of fused-ring (bicyclic) bond motifs is 1. The number of hydrogen-bond acceptors (Lipinski definition) is 4. The van der Waals surface area contributed by atoms with E-state index >= 15 is 0 Å². The summed E-state index contributed by atoms with van der Waals surface area (Å²) in [6.07, 6.45) is 3.33. The number of carbonyl (C=O) groups excluding carboxylic acids is 1. The van der Waals surface area contributed by atoms with Gasteiger partial charge in [-0.1, -0.05) is 13.8 Å². The molecule has 1 amide bonds. The Balaban J connectivity index is 2.08. The summed E-state index contributed by atoms with van der Waals surface area (Å²) >= 11 is 0. The van der Waals surface area contributed by atoms with Crippen molar-refractivity contribution in [2.75, 3.05) is 14.1 Å². The van der Waals surface area contributed by atoms with Gasteiger partial charge in [-0.05, 0) is 24.3 Å². The summed E-state index contributed by atoms with van der Waals surface area (Å²) in [5.41, 5.74) is 2.46. The molecule has 7 heteroatoms. The second-order valence-electron chi connectivity index (χ2n) is 6.58. The number of carbonyl (C=O) groups is 2. The van der Waals surface area contributed by atoms with Gasteiger partial charge in [0, 0.05) is 38.0 Å². The van der Waals surface area contributed by atoms with Gasteiger partial charge in [-0.3, -0.25) is 9.78 Å². The number of imidazole rings is 1. The van der Waals surface area contributed by atoms with E-state index < -0.39 is 5.97 Å². The van der Waals surface area contributed by atoms with Crippen LogP contribution in [-0.2, 0) is 0 Å². The van der Waals surface area contributed by atoms with Gasteiger partial charge in [-0.15, -0.1) is 0 Å². The molecule has 3 rings (SSSR count). The maximum absolute atomic E-state index is 12.0. The van der Waals surface area contributed by atoms with Gasteiger partial charge in [0.05, 0.1) is 16.8 Å². The Morgan fingerprint density at radius 2 is 1.92 bits per heavy atom. The SMILES string of the molecule is CC(C)c1nc(C(=O)O)c2cc(-c3ccc(C(=O)N(C)C)cn3)ccn12. The Morgan fingerprint density at radius 1 is 1.19 bits per heavy atom. The number of aromatic nitrogens is 3. The molecular formula is C19H20N4O3. The van der Waals surface area contributed by atoms with E-state index in [4.69, 9.17) is 0 Å². The van der Waals surface area contributed by atoms with Crippen molar-refractivity contribution in [2.24, 2.45) is 0 Å². The fraction of sp³-hybridized carbons (Fsp3) is 0.263. The minimum Gasteiger partial charge on any atom is -0.476 e. The van der Waals surface area contributed by atoms with Gasteiger partial charge in [-0.25, -0.2) is 9.78 Å². The molecule has 0 saturated carbocycles. The Morgan fingerprint density at radius 3 is 2.46 bits per heavy atom. The summed E-state index contributed by atoms with van der Waals surface area (Å²) in [6.45, 7) is 3.94. The summed E-state index contributed by atoms with van der Waals surface area (Å²) in [7, 11) is 3.37. The van der Waals surface area contributed by atoms with E-state index in [-0.39, 0.29) is 17.5 Å². The zero-order valence-corrected chi connectivity index (χ0v) is 15.1. The monoisotopic (exact) mass is 352 g/mol. The maximum Gasteiger partial charge on any atom is 0.356 e. The van der Waals surface area contributed by atoms with E-state index in [2.05, 4.69) is 9.97 Å². The first-order chi connectivity index (χ1) is 12.3. The van der Waals surface area contributed by atoms with Crippen molar-refractivity contribution in [3.63, 3.8) is 0 Å². The van der Waals surface area contributed by atoms with E-state index in [0.717, 1.165) is 5.56 Å². The van der Waals surface area contributed by atoms with Crippen molar-refractivity contribution in [1.82, 2.24) is 19.3 Å². The molecule has 3 aromatic rings. The number of carboxylic acid groups (broad SMARTS) is 1. The largest absolute Gasteiger partial charge is 0.476 e. The fourth-order valence-corrected chi connectivity index (χ4v) is 2.78. The quantitative estimate of drug-likeness (QED) is 0.780. The molecule has 0 fully saturated rings.